The highest BCUT2D eigenvalue weighted by atomic mass is 19.4. The molecule has 0 fully saturated rings. The molecule has 2 aromatic rings. The van der Waals surface area contributed by atoms with Crippen LogP contribution in [0.5, 0.6) is 17.4 Å². The number of benzene rings is 1. The first kappa shape index (κ1) is 19.9. The van der Waals surface area contributed by atoms with Gasteiger partial charge in [0.2, 0.25) is 11.8 Å². The second-order valence-electron chi connectivity index (χ2n) is 5.87. The quantitative estimate of drug-likeness (QED) is 0.678. The Morgan fingerprint density at radius 3 is 2.76 bits per heavy atom. The number of H-pyrrole nitrogens is 1. The number of aromatic amines is 1. The number of rotatable bonds is 5. The van der Waals surface area contributed by atoms with Crippen LogP contribution in [0.1, 0.15) is 22.7 Å². The normalized spacial score (nSPS) is 15.9. The molecule has 0 saturated heterocycles. The molecule has 0 radical (unpaired) electrons. The maximum atomic E-state index is 13.6. The van der Waals surface area contributed by atoms with E-state index in [1.165, 1.54) is 25.3 Å². The molecule has 1 aromatic heterocycles. The maximum Gasteiger partial charge on any atom is 0.433 e. The summed E-state index contributed by atoms with van der Waals surface area (Å²) in [7, 11) is 1.31. The van der Waals surface area contributed by atoms with Gasteiger partial charge in [-0.25, -0.2) is 0 Å². The number of alkyl halides is 3. The van der Waals surface area contributed by atoms with Crippen LogP contribution in [-0.2, 0) is 11.0 Å². The van der Waals surface area contributed by atoms with E-state index < -0.39 is 47.6 Å². The molecule has 1 aliphatic heterocycles. The van der Waals surface area contributed by atoms with Gasteiger partial charge in [0.25, 0.3) is 5.91 Å². The Bertz CT molecular complexity index is 1040. The molecule has 1 amide bonds. The Morgan fingerprint density at radius 1 is 1.45 bits per heavy atom. The van der Waals surface area contributed by atoms with Crippen molar-refractivity contribution in [3.05, 3.63) is 46.5 Å². The van der Waals surface area contributed by atoms with Gasteiger partial charge in [-0.2, -0.15) is 18.4 Å². The Morgan fingerprint density at radius 2 is 2.17 bits per heavy atom. The summed E-state index contributed by atoms with van der Waals surface area (Å²) in [6, 6.07) is 6.14. The molecule has 152 valence electrons. The number of allylic oxidation sites excluding steroid dienone is 1. The van der Waals surface area contributed by atoms with Gasteiger partial charge < -0.3 is 25.7 Å². The molecular weight excluding hydrogens is 395 g/mol. The third-order valence-corrected chi connectivity index (χ3v) is 4.12. The predicted molar refractivity (Wildman–Crippen MR) is 90.6 cm³/mol. The van der Waals surface area contributed by atoms with Crippen LogP contribution in [0, 0.1) is 11.3 Å². The molecule has 1 aliphatic rings. The first-order valence-electron chi connectivity index (χ1n) is 8.00. The van der Waals surface area contributed by atoms with Crippen molar-refractivity contribution in [1.29, 1.82) is 5.26 Å². The van der Waals surface area contributed by atoms with E-state index in [-0.39, 0.29) is 22.6 Å². The van der Waals surface area contributed by atoms with Crippen molar-refractivity contribution in [2.24, 2.45) is 11.5 Å². The minimum Gasteiger partial charge on any atom is -0.493 e. The van der Waals surface area contributed by atoms with Gasteiger partial charge in [-0.15, -0.1) is 5.10 Å². The van der Waals surface area contributed by atoms with Crippen molar-refractivity contribution in [2.75, 3.05) is 13.7 Å². The number of nitrogens with zero attached hydrogens (tertiary/aromatic N) is 2. The largest absolute Gasteiger partial charge is 0.493 e. The number of hydrogen-bond acceptors (Lipinski definition) is 7. The van der Waals surface area contributed by atoms with Crippen LogP contribution in [0.25, 0.3) is 0 Å². The zero-order valence-electron chi connectivity index (χ0n) is 14.8. The second kappa shape index (κ2) is 7.27. The Hall–Kier alpha value is -3.88. The number of carbonyl (C=O) groups is 1. The number of aromatic nitrogens is 2. The highest BCUT2D eigenvalue weighted by Gasteiger charge is 2.45. The molecule has 1 unspecified atom stereocenters. The number of primary amides is 1. The molecule has 0 spiro atoms. The summed E-state index contributed by atoms with van der Waals surface area (Å²) in [6.45, 7) is -0.567. The monoisotopic (exact) mass is 409 g/mol. The number of fused-ring (bicyclic) bond motifs is 1. The second-order valence-corrected chi connectivity index (χ2v) is 5.87. The minimum atomic E-state index is -4.82. The highest BCUT2D eigenvalue weighted by Crippen LogP contribution is 2.50. The van der Waals surface area contributed by atoms with Crippen LogP contribution in [0.4, 0.5) is 13.2 Å². The molecular formula is C17H14F3N5O4. The van der Waals surface area contributed by atoms with Crippen LogP contribution < -0.4 is 25.7 Å². The lowest BCUT2D eigenvalue weighted by atomic mass is 9.83. The SMILES string of the molecule is COc1cccc(C2C(C#N)=C(N)Oc3n[nH]c(C(F)(F)F)c32)c1OCC(N)=O. The van der Waals surface area contributed by atoms with E-state index in [1.807, 2.05) is 5.10 Å². The number of amides is 1. The lowest BCUT2D eigenvalue weighted by Crippen LogP contribution is -2.24. The molecule has 0 aliphatic carbocycles. The zero-order valence-corrected chi connectivity index (χ0v) is 14.8. The van der Waals surface area contributed by atoms with E-state index in [2.05, 4.69) is 5.10 Å². The molecule has 1 atom stereocenters. The highest BCUT2D eigenvalue weighted by molar-refractivity contribution is 5.75. The number of nitrogens with two attached hydrogens (primary N) is 2. The molecule has 9 nitrogen and oxygen atoms in total. The third-order valence-electron chi connectivity index (χ3n) is 4.12. The zero-order chi connectivity index (χ0) is 21.3. The van der Waals surface area contributed by atoms with Crippen molar-refractivity contribution in [1.82, 2.24) is 10.2 Å². The van der Waals surface area contributed by atoms with Crippen LogP contribution in [0.3, 0.4) is 0 Å². The first-order valence-corrected chi connectivity index (χ1v) is 8.00. The Kier molecular flexibility index (Phi) is 4.98. The van der Waals surface area contributed by atoms with Gasteiger partial charge in [0.15, 0.2) is 18.1 Å². The number of nitriles is 1. The number of halogens is 3. The average molecular weight is 409 g/mol. The van der Waals surface area contributed by atoms with Crippen LogP contribution >= 0.6 is 0 Å². The standard InChI is InChI=1S/C17H14F3N5O4/c1-27-9-4-2-3-7(13(9)28-6-10(22)26)11-8(5-21)15(23)29-16-12(11)14(24-25-16)17(18,19)20/h2-4,11H,6,23H2,1H3,(H2,22,26)(H,24,25). The van der Waals surface area contributed by atoms with E-state index in [0.717, 1.165) is 0 Å². The van der Waals surface area contributed by atoms with Crippen LogP contribution in [-0.4, -0.2) is 29.8 Å². The van der Waals surface area contributed by atoms with Crippen molar-refractivity contribution in [2.45, 2.75) is 12.1 Å². The van der Waals surface area contributed by atoms with Gasteiger partial charge in [-0.05, 0) is 6.07 Å². The number of nitrogens with one attached hydrogen (secondary N) is 1. The minimum absolute atomic E-state index is 0.0680. The molecule has 29 heavy (non-hydrogen) atoms. The summed E-state index contributed by atoms with van der Waals surface area (Å²) in [6.07, 6.45) is -4.82. The van der Waals surface area contributed by atoms with Crippen molar-refractivity contribution in [3.63, 3.8) is 0 Å². The summed E-state index contributed by atoms with van der Waals surface area (Å²) >= 11 is 0. The van der Waals surface area contributed by atoms with Gasteiger partial charge >= 0.3 is 6.18 Å². The molecule has 5 N–H and O–H groups in total. The summed E-state index contributed by atoms with van der Waals surface area (Å²) in [5.74, 6) is -2.95. The van der Waals surface area contributed by atoms with E-state index in [9.17, 15) is 23.2 Å². The fourth-order valence-electron chi connectivity index (χ4n) is 2.99. The number of para-hydroxylation sites is 1. The molecule has 1 aromatic carbocycles. The predicted octanol–water partition coefficient (Wildman–Crippen LogP) is 1.52. The van der Waals surface area contributed by atoms with Crippen LogP contribution in [0.2, 0.25) is 0 Å². The number of ether oxygens (including phenoxy) is 3. The van der Waals surface area contributed by atoms with Crippen molar-refractivity contribution < 1.29 is 32.2 Å². The summed E-state index contributed by atoms with van der Waals surface area (Å²) in [4.78, 5) is 11.2. The average Bonchev–Trinajstić information content (AvgIpc) is 3.08. The third kappa shape index (κ3) is 3.49. The summed E-state index contributed by atoms with van der Waals surface area (Å²) in [5, 5.41) is 15.0. The summed E-state index contributed by atoms with van der Waals surface area (Å²) in [5.41, 5.74) is 9.00. The first-order chi connectivity index (χ1) is 13.7. The van der Waals surface area contributed by atoms with Crippen LogP contribution in [0.15, 0.2) is 29.7 Å². The number of hydrogen-bond donors (Lipinski definition) is 3. The summed E-state index contributed by atoms with van der Waals surface area (Å²) < 4.78 is 56.3. The van der Waals surface area contributed by atoms with Gasteiger partial charge in [0.05, 0.1) is 18.6 Å². The lowest BCUT2D eigenvalue weighted by molar-refractivity contribution is -0.141. The molecule has 0 saturated carbocycles. The fourth-order valence-corrected chi connectivity index (χ4v) is 2.99. The van der Waals surface area contributed by atoms with E-state index in [4.69, 9.17) is 25.7 Å². The number of carbonyl (C=O) groups excluding carboxylic acids is 1. The molecule has 2 heterocycles. The smallest absolute Gasteiger partial charge is 0.433 e. The van der Waals surface area contributed by atoms with E-state index >= 15 is 0 Å². The maximum absolute atomic E-state index is 13.6. The Labute approximate surface area is 161 Å². The molecule has 0 bridgehead atoms. The van der Waals surface area contributed by atoms with E-state index in [1.54, 1.807) is 6.07 Å². The Balaban J connectivity index is 2.29. The van der Waals surface area contributed by atoms with Crippen molar-refractivity contribution in [3.8, 4) is 23.4 Å². The fraction of sp³-hybridized carbons (Fsp3) is 0.235. The topological polar surface area (TPSA) is 149 Å². The molecule has 3 rings (SSSR count). The molecule has 12 heteroatoms. The van der Waals surface area contributed by atoms with Gasteiger partial charge in [0, 0.05) is 5.56 Å². The lowest BCUT2D eigenvalue weighted by Gasteiger charge is -2.26. The van der Waals surface area contributed by atoms with Gasteiger partial charge in [-0.3, -0.25) is 9.89 Å². The van der Waals surface area contributed by atoms with Gasteiger partial charge in [0.1, 0.15) is 17.3 Å². The number of methoxy groups -OCH3 is 1. The van der Waals surface area contributed by atoms with Gasteiger partial charge in [-0.1, -0.05) is 12.1 Å². The van der Waals surface area contributed by atoms with Crippen molar-refractivity contribution >= 4 is 5.91 Å². The van der Waals surface area contributed by atoms with E-state index in [0.29, 0.717) is 0 Å².